The van der Waals surface area contributed by atoms with E-state index in [1.165, 1.54) is 5.56 Å². The summed E-state index contributed by atoms with van der Waals surface area (Å²) in [6.07, 6.45) is 5.53. The van der Waals surface area contributed by atoms with Crippen molar-refractivity contribution < 1.29 is 0 Å². The molecule has 3 rings (SSSR count). The first-order valence-electron chi connectivity index (χ1n) is 6.79. The molecule has 21 heavy (non-hydrogen) atoms. The largest absolute Gasteiger partial charge is 0.398 e. The highest BCUT2D eigenvalue weighted by atomic mass is 32.2. The van der Waals surface area contributed by atoms with Crippen LogP contribution in [0.2, 0.25) is 0 Å². The number of aryl methyl sites for hydroxylation is 1. The van der Waals surface area contributed by atoms with E-state index in [0.717, 1.165) is 27.6 Å². The number of nitrogen functional groups attached to an aromatic ring is 1. The topological polar surface area (TPSA) is 43.8 Å². The molecule has 0 aliphatic carbocycles. The van der Waals surface area contributed by atoms with Crippen LogP contribution in [0.4, 0.5) is 5.69 Å². The van der Waals surface area contributed by atoms with E-state index in [2.05, 4.69) is 41.4 Å². The molecule has 0 unspecified atom stereocenters. The second-order valence-electron chi connectivity index (χ2n) is 4.91. The predicted molar refractivity (Wildman–Crippen MR) is 88.7 cm³/mol. The summed E-state index contributed by atoms with van der Waals surface area (Å²) in [7, 11) is 0. The van der Waals surface area contributed by atoms with E-state index in [-0.39, 0.29) is 0 Å². The van der Waals surface area contributed by atoms with Gasteiger partial charge in [0.1, 0.15) is 0 Å². The molecular weight excluding hydrogens is 278 g/mol. The average Bonchev–Trinajstić information content (AvgIpc) is 3.04. The number of aromatic nitrogens is 2. The maximum Gasteiger partial charge on any atom is 0.0991 e. The molecule has 1 aromatic heterocycles. The zero-order chi connectivity index (χ0) is 14.7. The molecule has 0 aliphatic heterocycles. The van der Waals surface area contributed by atoms with Crippen LogP contribution in [0.3, 0.4) is 0 Å². The lowest BCUT2D eigenvalue weighted by molar-refractivity contribution is 1.05. The summed E-state index contributed by atoms with van der Waals surface area (Å²) >= 11 is 1.77. The van der Waals surface area contributed by atoms with Crippen LogP contribution in [-0.2, 0) is 5.75 Å². The highest BCUT2D eigenvalue weighted by molar-refractivity contribution is 7.98. The number of hydrogen-bond acceptors (Lipinski definition) is 3. The number of nitrogens with zero attached hydrogens (tertiary/aromatic N) is 2. The van der Waals surface area contributed by atoms with Gasteiger partial charge in [-0.05, 0) is 36.2 Å². The van der Waals surface area contributed by atoms with Crippen LogP contribution >= 0.6 is 11.8 Å². The van der Waals surface area contributed by atoms with Crippen molar-refractivity contribution in [1.82, 2.24) is 9.55 Å². The van der Waals surface area contributed by atoms with Gasteiger partial charge in [-0.3, -0.25) is 0 Å². The number of para-hydroxylation sites is 1. The van der Waals surface area contributed by atoms with Crippen molar-refractivity contribution in [3.63, 3.8) is 0 Å². The third-order valence-corrected chi connectivity index (χ3v) is 4.56. The molecular formula is C17H17N3S. The van der Waals surface area contributed by atoms with Crippen molar-refractivity contribution in [1.29, 1.82) is 0 Å². The van der Waals surface area contributed by atoms with Gasteiger partial charge in [0, 0.05) is 34.4 Å². The van der Waals surface area contributed by atoms with Gasteiger partial charge in [-0.15, -0.1) is 11.8 Å². The Morgan fingerprint density at radius 1 is 1.14 bits per heavy atom. The molecule has 0 atom stereocenters. The molecule has 2 N–H and O–H groups in total. The lowest BCUT2D eigenvalue weighted by atomic mass is 10.2. The zero-order valence-corrected chi connectivity index (χ0v) is 12.7. The normalized spacial score (nSPS) is 10.7. The first kappa shape index (κ1) is 13.8. The minimum atomic E-state index is 0.887. The Morgan fingerprint density at radius 2 is 1.95 bits per heavy atom. The van der Waals surface area contributed by atoms with Gasteiger partial charge in [0.15, 0.2) is 0 Å². The molecule has 0 saturated heterocycles. The summed E-state index contributed by atoms with van der Waals surface area (Å²) < 4.78 is 2.00. The predicted octanol–water partition coefficient (Wildman–Crippen LogP) is 4.06. The molecule has 4 heteroatoms. The maximum atomic E-state index is 6.10. The van der Waals surface area contributed by atoms with Gasteiger partial charge < -0.3 is 10.3 Å². The van der Waals surface area contributed by atoms with Crippen LogP contribution in [0.15, 0.2) is 66.1 Å². The summed E-state index contributed by atoms with van der Waals surface area (Å²) in [5.74, 6) is 0.915. The number of rotatable bonds is 4. The summed E-state index contributed by atoms with van der Waals surface area (Å²) in [5.41, 5.74) is 10.5. The second kappa shape index (κ2) is 6.06. The molecule has 2 aromatic carbocycles. The summed E-state index contributed by atoms with van der Waals surface area (Å²) in [6, 6.07) is 14.7. The molecule has 0 saturated carbocycles. The Bertz CT molecular complexity index is 718. The van der Waals surface area contributed by atoms with Crippen molar-refractivity contribution in [3.05, 3.63) is 72.3 Å². The standard InChI is InChI=1S/C17H17N3S/c1-13-3-2-4-16(17(13)18)21-11-14-5-7-15(8-6-14)20-10-9-19-12-20/h2-10,12H,11,18H2,1H3. The summed E-state index contributed by atoms with van der Waals surface area (Å²) in [4.78, 5) is 5.21. The van der Waals surface area contributed by atoms with E-state index in [0.29, 0.717) is 0 Å². The molecule has 0 fully saturated rings. The third kappa shape index (κ3) is 3.11. The molecule has 3 aromatic rings. The summed E-state index contributed by atoms with van der Waals surface area (Å²) in [5, 5.41) is 0. The number of hydrogen-bond donors (Lipinski definition) is 1. The Kier molecular flexibility index (Phi) is 3.97. The van der Waals surface area contributed by atoms with Gasteiger partial charge >= 0.3 is 0 Å². The molecule has 0 aliphatic rings. The summed E-state index contributed by atoms with van der Waals surface area (Å²) in [6.45, 7) is 2.04. The van der Waals surface area contributed by atoms with Gasteiger partial charge in [-0.1, -0.05) is 24.3 Å². The van der Waals surface area contributed by atoms with E-state index in [1.54, 1.807) is 24.3 Å². The third-order valence-electron chi connectivity index (χ3n) is 3.42. The van der Waals surface area contributed by atoms with Crippen LogP contribution < -0.4 is 5.73 Å². The van der Waals surface area contributed by atoms with E-state index in [4.69, 9.17) is 5.73 Å². The number of nitrogens with two attached hydrogens (primary N) is 1. The van der Waals surface area contributed by atoms with Crippen molar-refractivity contribution in [2.24, 2.45) is 0 Å². The van der Waals surface area contributed by atoms with E-state index < -0.39 is 0 Å². The minimum Gasteiger partial charge on any atom is -0.398 e. The van der Waals surface area contributed by atoms with Crippen LogP contribution in [0.25, 0.3) is 5.69 Å². The number of imidazole rings is 1. The Morgan fingerprint density at radius 3 is 2.67 bits per heavy atom. The molecule has 1 heterocycles. The molecule has 106 valence electrons. The second-order valence-corrected chi connectivity index (χ2v) is 5.93. The fraction of sp³-hybridized carbons (Fsp3) is 0.118. The average molecular weight is 295 g/mol. The van der Waals surface area contributed by atoms with Crippen molar-refractivity contribution >= 4 is 17.4 Å². The maximum absolute atomic E-state index is 6.10. The van der Waals surface area contributed by atoms with Gasteiger partial charge in [-0.25, -0.2) is 4.98 Å². The molecule has 0 radical (unpaired) electrons. The number of anilines is 1. The zero-order valence-electron chi connectivity index (χ0n) is 11.9. The molecule has 0 bridgehead atoms. The van der Waals surface area contributed by atoms with E-state index >= 15 is 0 Å². The monoisotopic (exact) mass is 295 g/mol. The Hall–Kier alpha value is -2.20. The highest BCUT2D eigenvalue weighted by Crippen LogP contribution is 2.30. The molecule has 3 nitrogen and oxygen atoms in total. The highest BCUT2D eigenvalue weighted by Gasteiger charge is 2.03. The lowest BCUT2D eigenvalue weighted by Crippen LogP contribution is -1.93. The van der Waals surface area contributed by atoms with E-state index in [9.17, 15) is 0 Å². The van der Waals surface area contributed by atoms with Crippen LogP contribution in [0.1, 0.15) is 11.1 Å². The van der Waals surface area contributed by atoms with Crippen molar-refractivity contribution in [2.45, 2.75) is 17.6 Å². The Balaban J connectivity index is 1.70. The fourth-order valence-corrected chi connectivity index (χ4v) is 3.12. The van der Waals surface area contributed by atoms with Gasteiger partial charge in [0.2, 0.25) is 0 Å². The first-order chi connectivity index (χ1) is 10.2. The number of benzene rings is 2. The number of thioether (sulfide) groups is 1. The van der Waals surface area contributed by atoms with Crippen molar-refractivity contribution in [2.75, 3.05) is 5.73 Å². The quantitative estimate of drug-likeness (QED) is 0.583. The first-order valence-corrected chi connectivity index (χ1v) is 7.78. The van der Waals surface area contributed by atoms with Crippen LogP contribution in [0, 0.1) is 6.92 Å². The molecule has 0 spiro atoms. The fourth-order valence-electron chi connectivity index (χ4n) is 2.12. The van der Waals surface area contributed by atoms with E-state index in [1.807, 2.05) is 23.8 Å². The van der Waals surface area contributed by atoms with Crippen molar-refractivity contribution in [3.8, 4) is 5.69 Å². The van der Waals surface area contributed by atoms with Crippen LogP contribution in [0.5, 0.6) is 0 Å². The smallest absolute Gasteiger partial charge is 0.0991 e. The Labute approximate surface area is 128 Å². The lowest BCUT2D eigenvalue weighted by Gasteiger charge is -2.08. The minimum absolute atomic E-state index is 0.887. The van der Waals surface area contributed by atoms with Crippen LogP contribution in [-0.4, -0.2) is 9.55 Å². The van der Waals surface area contributed by atoms with Gasteiger partial charge in [0.05, 0.1) is 6.33 Å². The molecule has 0 amide bonds. The SMILES string of the molecule is Cc1cccc(SCc2ccc(-n3ccnc3)cc2)c1N. The van der Waals surface area contributed by atoms with Gasteiger partial charge in [0.25, 0.3) is 0 Å². The van der Waals surface area contributed by atoms with Gasteiger partial charge in [-0.2, -0.15) is 0 Å².